The normalized spacial score (nSPS) is 14.0. The standard InChI is InChI=1S/C18H24ClN3O2/c1-6-13(2)23-16(18(3,4)5)17(22-12-20-11-21-22)24-15-9-7-14(19)8-10-15/h7-12,16-17H,2,6H2,1,3-5H3. The Kier molecular flexibility index (Phi) is 5.89. The van der Waals surface area contributed by atoms with Gasteiger partial charge in [0, 0.05) is 16.9 Å². The Morgan fingerprint density at radius 2 is 1.96 bits per heavy atom. The van der Waals surface area contributed by atoms with E-state index < -0.39 is 6.23 Å². The van der Waals surface area contributed by atoms with Crippen molar-refractivity contribution in [2.24, 2.45) is 5.41 Å². The van der Waals surface area contributed by atoms with Crippen LogP contribution >= 0.6 is 11.6 Å². The van der Waals surface area contributed by atoms with Crippen molar-refractivity contribution in [3.8, 4) is 5.75 Å². The number of halogens is 1. The maximum absolute atomic E-state index is 6.18. The molecule has 130 valence electrons. The molecule has 0 fully saturated rings. The van der Waals surface area contributed by atoms with E-state index >= 15 is 0 Å². The van der Waals surface area contributed by atoms with Crippen LogP contribution in [0.5, 0.6) is 5.75 Å². The zero-order valence-electron chi connectivity index (χ0n) is 14.6. The van der Waals surface area contributed by atoms with Gasteiger partial charge in [-0.05, 0) is 24.3 Å². The third-order valence-corrected chi connectivity index (χ3v) is 3.82. The minimum Gasteiger partial charge on any atom is -0.489 e. The number of ether oxygens (including phenoxy) is 2. The quantitative estimate of drug-likeness (QED) is 0.669. The van der Waals surface area contributed by atoms with Crippen molar-refractivity contribution in [3.05, 3.63) is 54.3 Å². The second-order valence-corrected chi connectivity index (χ2v) is 7.07. The summed E-state index contributed by atoms with van der Waals surface area (Å²) in [6.07, 6.45) is 3.04. The third kappa shape index (κ3) is 4.74. The van der Waals surface area contributed by atoms with Crippen molar-refractivity contribution < 1.29 is 9.47 Å². The van der Waals surface area contributed by atoms with E-state index in [0.29, 0.717) is 16.5 Å². The van der Waals surface area contributed by atoms with Gasteiger partial charge in [-0.3, -0.25) is 0 Å². The van der Waals surface area contributed by atoms with E-state index in [0.717, 1.165) is 6.42 Å². The Morgan fingerprint density at radius 1 is 1.29 bits per heavy atom. The molecular weight excluding hydrogens is 326 g/mol. The van der Waals surface area contributed by atoms with Crippen LogP contribution < -0.4 is 4.74 Å². The van der Waals surface area contributed by atoms with Gasteiger partial charge in [-0.25, -0.2) is 9.67 Å². The van der Waals surface area contributed by atoms with Crippen molar-refractivity contribution in [1.29, 1.82) is 0 Å². The van der Waals surface area contributed by atoms with Gasteiger partial charge in [0.1, 0.15) is 18.4 Å². The van der Waals surface area contributed by atoms with Gasteiger partial charge >= 0.3 is 0 Å². The first-order chi connectivity index (χ1) is 11.3. The van der Waals surface area contributed by atoms with Crippen LogP contribution in [0.1, 0.15) is 40.3 Å². The third-order valence-electron chi connectivity index (χ3n) is 3.57. The van der Waals surface area contributed by atoms with Gasteiger partial charge in [-0.15, -0.1) is 0 Å². The molecule has 1 aromatic heterocycles. The molecule has 0 saturated heterocycles. The highest BCUT2D eigenvalue weighted by Gasteiger charge is 2.38. The first-order valence-corrected chi connectivity index (χ1v) is 8.30. The predicted octanol–water partition coefficient (Wildman–Crippen LogP) is 4.86. The van der Waals surface area contributed by atoms with Crippen LogP contribution in [-0.2, 0) is 4.74 Å². The summed E-state index contributed by atoms with van der Waals surface area (Å²) in [6, 6.07) is 7.21. The van der Waals surface area contributed by atoms with Crippen molar-refractivity contribution in [1.82, 2.24) is 14.8 Å². The maximum atomic E-state index is 6.18. The molecule has 1 heterocycles. The van der Waals surface area contributed by atoms with E-state index in [1.807, 2.05) is 19.1 Å². The van der Waals surface area contributed by atoms with Crippen LogP contribution in [0.25, 0.3) is 0 Å². The van der Waals surface area contributed by atoms with Crippen molar-refractivity contribution in [2.75, 3.05) is 0 Å². The van der Waals surface area contributed by atoms with Crippen molar-refractivity contribution >= 4 is 11.6 Å². The second kappa shape index (κ2) is 7.71. The Bertz CT molecular complexity index is 648. The van der Waals surface area contributed by atoms with Crippen LogP contribution in [0, 0.1) is 5.41 Å². The Labute approximate surface area is 148 Å². The number of nitrogens with zero attached hydrogens (tertiary/aromatic N) is 3. The summed E-state index contributed by atoms with van der Waals surface area (Å²) >= 11 is 5.95. The zero-order chi connectivity index (χ0) is 17.7. The monoisotopic (exact) mass is 349 g/mol. The van der Waals surface area contributed by atoms with E-state index in [-0.39, 0.29) is 11.5 Å². The summed E-state index contributed by atoms with van der Waals surface area (Å²) in [5, 5.41) is 4.90. The molecule has 2 rings (SSSR count). The number of allylic oxidation sites excluding steroid dienone is 1. The molecule has 0 radical (unpaired) electrons. The number of rotatable bonds is 7. The first kappa shape index (κ1) is 18.3. The molecular formula is C18H24ClN3O2. The summed E-state index contributed by atoms with van der Waals surface area (Å²) in [5.74, 6) is 1.39. The molecule has 0 aliphatic carbocycles. The van der Waals surface area contributed by atoms with Gasteiger partial charge in [-0.2, -0.15) is 5.10 Å². The molecule has 1 aromatic carbocycles. The lowest BCUT2D eigenvalue weighted by Gasteiger charge is -2.37. The molecule has 0 aliphatic heterocycles. The minimum atomic E-state index is -0.489. The smallest absolute Gasteiger partial charge is 0.230 e. The summed E-state index contributed by atoms with van der Waals surface area (Å²) in [6.45, 7) is 12.3. The molecule has 0 aliphatic rings. The molecule has 2 aromatic rings. The largest absolute Gasteiger partial charge is 0.489 e. The number of hydrogen-bond donors (Lipinski definition) is 0. The highest BCUT2D eigenvalue weighted by molar-refractivity contribution is 6.30. The lowest BCUT2D eigenvalue weighted by Crippen LogP contribution is -2.41. The maximum Gasteiger partial charge on any atom is 0.230 e. The predicted molar refractivity (Wildman–Crippen MR) is 94.9 cm³/mol. The van der Waals surface area contributed by atoms with E-state index in [9.17, 15) is 0 Å². The molecule has 5 nitrogen and oxygen atoms in total. The number of aromatic nitrogens is 3. The molecule has 0 bridgehead atoms. The lowest BCUT2D eigenvalue weighted by atomic mass is 9.87. The van der Waals surface area contributed by atoms with Crippen LogP contribution in [0.15, 0.2) is 49.3 Å². The molecule has 0 saturated carbocycles. The highest BCUT2D eigenvalue weighted by atomic mass is 35.5. The zero-order valence-corrected chi connectivity index (χ0v) is 15.3. The molecule has 6 heteroatoms. The van der Waals surface area contributed by atoms with Gasteiger partial charge in [0.05, 0.1) is 5.76 Å². The average Bonchev–Trinajstić information content (AvgIpc) is 3.05. The Morgan fingerprint density at radius 3 is 2.46 bits per heavy atom. The molecule has 2 atom stereocenters. The van der Waals surface area contributed by atoms with Crippen LogP contribution in [0.4, 0.5) is 0 Å². The fourth-order valence-electron chi connectivity index (χ4n) is 2.18. The minimum absolute atomic E-state index is 0.207. The molecule has 0 amide bonds. The van der Waals surface area contributed by atoms with Crippen LogP contribution in [0.3, 0.4) is 0 Å². The summed E-state index contributed by atoms with van der Waals surface area (Å²) in [5.41, 5.74) is -0.207. The number of hydrogen-bond acceptors (Lipinski definition) is 4. The average molecular weight is 350 g/mol. The molecule has 0 N–H and O–H groups in total. The fourth-order valence-corrected chi connectivity index (χ4v) is 2.31. The van der Waals surface area contributed by atoms with Crippen molar-refractivity contribution in [3.63, 3.8) is 0 Å². The SMILES string of the molecule is C=C(CC)OC(C(Oc1ccc(Cl)cc1)n1cncn1)C(C)(C)C. The Hall–Kier alpha value is -2.01. The topological polar surface area (TPSA) is 49.2 Å². The van der Waals surface area contributed by atoms with E-state index in [1.165, 1.54) is 6.33 Å². The second-order valence-electron chi connectivity index (χ2n) is 6.63. The van der Waals surface area contributed by atoms with E-state index in [4.69, 9.17) is 21.1 Å². The van der Waals surface area contributed by atoms with Crippen LogP contribution in [-0.4, -0.2) is 20.9 Å². The highest BCUT2D eigenvalue weighted by Crippen LogP contribution is 2.34. The van der Waals surface area contributed by atoms with Gasteiger partial charge in [0.15, 0.2) is 6.10 Å². The van der Waals surface area contributed by atoms with Gasteiger partial charge < -0.3 is 9.47 Å². The molecule has 0 spiro atoms. The first-order valence-electron chi connectivity index (χ1n) is 7.92. The summed E-state index contributed by atoms with van der Waals surface area (Å²) in [4.78, 5) is 4.04. The fraction of sp³-hybridized carbons (Fsp3) is 0.444. The number of benzene rings is 1. The summed E-state index contributed by atoms with van der Waals surface area (Å²) < 4.78 is 14.0. The van der Waals surface area contributed by atoms with E-state index in [2.05, 4.69) is 37.4 Å². The lowest BCUT2D eigenvalue weighted by molar-refractivity contribution is -0.0906. The van der Waals surface area contributed by atoms with Crippen LogP contribution in [0.2, 0.25) is 5.02 Å². The summed E-state index contributed by atoms with van der Waals surface area (Å²) in [7, 11) is 0. The molecule has 24 heavy (non-hydrogen) atoms. The van der Waals surface area contributed by atoms with Gasteiger partial charge in [-0.1, -0.05) is 45.9 Å². The van der Waals surface area contributed by atoms with Gasteiger partial charge in [0.25, 0.3) is 0 Å². The Balaban J connectivity index is 2.35. The van der Waals surface area contributed by atoms with Gasteiger partial charge in [0.2, 0.25) is 6.23 Å². The van der Waals surface area contributed by atoms with E-state index in [1.54, 1.807) is 23.1 Å². The molecule has 2 unspecified atom stereocenters. The van der Waals surface area contributed by atoms with Crippen molar-refractivity contribution in [2.45, 2.75) is 46.4 Å².